The Hall–Kier alpha value is -3.13. The van der Waals surface area contributed by atoms with E-state index in [2.05, 4.69) is 20.7 Å². The van der Waals surface area contributed by atoms with Crippen molar-refractivity contribution < 1.29 is 14.3 Å². The molecule has 3 aromatic heterocycles. The molecule has 130 valence electrons. The second kappa shape index (κ2) is 7.18. The monoisotopic (exact) mass is 341 g/mol. The molecule has 0 aliphatic rings. The quantitative estimate of drug-likeness (QED) is 0.631. The van der Waals surface area contributed by atoms with Crippen LogP contribution in [0.1, 0.15) is 18.2 Å². The molecule has 0 fully saturated rings. The van der Waals surface area contributed by atoms with Gasteiger partial charge >= 0.3 is 6.03 Å². The van der Waals surface area contributed by atoms with E-state index >= 15 is 0 Å². The summed E-state index contributed by atoms with van der Waals surface area (Å²) in [6, 6.07) is 8.42. The van der Waals surface area contributed by atoms with Gasteiger partial charge in [0, 0.05) is 25.1 Å². The molecule has 25 heavy (non-hydrogen) atoms. The maximum Gasteiger partial charge on any atom is 0.315 e. The number of hydrogen-bond donors (Lipinski definition) is 3. The molecule has 3 N–H and O–H groups in total. The molecule has 2 amide bonds. The lowest BCUT2D eigenvalue weighted by Crippen LogP contribution is -2.43. The van der Waals surface area contributed by atoms with E-state index in [9.17, 15) is 9.90 Å². The zero-order chi connectivity index (χ0) is 17.7. The van der Waals surface area contributed by atoms with Gasteiger partial charge in [0.1, 0.15) is 11.4 Å². The highest BCUT2D eigenvalue weighted by Gasteiger charge is 2.26. The molecule has 0 saturated carbocycles. The summed E-state index contributed by atoms with van der Waals surface area (Å²) in [5.74, 6) is 1.07. The molecule has 3 aromatic rings. The smallest absolute Gasteiger partial charge is 0.315 e. The molecule has 0 aromatic carbocycles. The molecule has 8 nitrogen and oxygen atoms in total. The topological polar surface area (TPSA) is 105 Å². The van der Waals surface area contributed by atoms with Gasteiger partial charge in [0.05, 0.1) is 12.8 Å². The van der Waals surface area contributed by atoms with Gasteiger partial charge in [-0.2, -0.15) is 5.10 Å². The van der Waals surface area contributed by atoms with Crippen LogP contribution in [0.15, 0.2) is 59.6 Å². The second-order valence-corrected chi connectivity index (χ2v) is 5.76. The first-order chi connectivity index (χ1) is 12.0. The number of nitrogens with one attached hydrogen (secondary N) is 2. The summed E-state index contributed by atoms with van der Waals surface area (Å²) >= 11 is 0. The summed E-state index contributed by atoms with van der Waals surface area (Å²) < 4.78 is 6.81. The van der Waals surface area contributed by atoms with E-state index in [4.69, 9.17) is 4.42 Å². The van der Waals surface area contributed by atoms with E-state index in [0.717, 1.165) is 5.56 Å². The average molecular weight is 341 g/mol. The van der Waals surface area contributed by atoms with E-state index in [1.54, 1.807) is 42.3 Å². The fraction of sp³-hybridized carbons (Fsp3) is 0.235. The number of urea groups is 1. The molecule has 0 spiro atoms. The van der Waals surface area contributed by atoms with Crippen LogP contribution in [-0.2, 0) is 12.1 Å². The van der Waals surface area contributed by atoms with E-state index in [-0.39, 0.29) is 12.6 Å². The van der Waals surface area contributed by atoms with Crippen LogP contribution in [0.4, 0.5) is 4.79 Å². The number of amides is 2. The predicted octanol–water partition coefficient (Wildman–Crippen LogP) is 1.57. The Morgan fingerprint density at radius 3 is 2.92 bits per heavy atom. The number of nitrogens with zero attached hydrogens (tertiary/aromatic N) is 3. The number of aliphatic hydroxyl groups is 1. The number of carbonyl (C=O) groups excluding carboxylic acids is 1. The zero-order valence-electron chi connectivity index (χ0n) is 13.7. The van der Waals surface area contributed by atoms with Gasteiger partial charge in [-0.15, -0.1) is 0 Å². The maximum atomic E-state index is 11.9. The van der Waals surface area contributed by atoms with Gasteiger partial charge in [-0.25, -0.2) is 14.5 Å². The molecule has 1 unspecified atom stereocenters. The molecular weight excluding hydrogens is 322 g/mol. The Morgan fingerprint density at radius 1 is 1.32 bits per heavy atom. The van der Waals surface area contributed by atoms with Crippen molar-refractivity contribution in [2.24, 2.45) is 0 Å². The van der Waals surface area contributed by atoms with Gasteiger partial charge < -0.3 is 20.2 Å². The minimum Gasteiger partial charge on any atom is -0.466 e. The third kappa shape index (κ3) is 4.24. The Kier molecular flexibility index (Phi) is 4.80. The molecule has 3 heterocycles. The first kappa shape index (κ1) is 16.7. The van der Waals surface area contributed by atoms with Crippen LogP contribution in [0, 0.1) is 0 Å². The number of hydrogen-bond acceptors (Lipinski definition) is 5. The Labute approximate surface area is 144 Å². The van der Waals surface area contributed by atoms with Crippen molar-refractivity contribution in [1.82, 2.24) is 25.4 Å². The van der Waals surface area contributed by atoms with Gasteiger partial charge in [0.15, 0.2) is 5.82 Å². The minimum absolute atomic E-state index is 0.0290. The van der Waals surface area contributed by atoms with Crippen LogP contribution in [0.3, 0.4) is 0 Å². The van der Waals surface area contributed by atoms with Crippen molar-refractivity contribution in [3.05, 3.63) is 66.5 Å². The number of carbonyl (C=O) groups is 1. The van der Waals surface area contributed by atoms with Gasteiger partial charge in [-0.3, -0.25) is 0 Å². The fourth-order valence-corrected chi connectivity index (χ4v) is 2.27. The molecular formula is C17H19N5O3. The third-order valence-corrected chi connectivity index (χ3v) is 3.65. The largest absolute Gasteiger partial charge is 0.466 e. The highest BCUT2D eigenvalue weighted by Crippen LogP contribution is 2.19. The van der Waals surface area contributed by atoms with Crippen LogP contribution in [-0.4, -0.2) is 32.4 Å². The first-order valence-corrected chi connectivity index (χ1v) is 7.77. The zero-order valence-corrected chi connectivity index (χ0v) is 13.7. The summed E-state index contributed by atoms with van der Waals surface area (Å²) in [6.07, 6.45) is 6.60. The molecule has 0 aliphatic carbocycles. The van der Waals surface area contributed by atoms with Gasteiger partial charge in [0.2, 0.25) is 0 Å². The minimum atomic E-state index is -1.27. The number of aromatic nitrogens is 3. The normalized spacial score (nSPS) is 13.2. The maximum absolute atomic E-state index is 11.9. The number of pyridine rings is 1. The van der Waals surface area contributed by atoms with E-state index in [0.29, 0.717) is 18.1 Å². The first-order valence-electron chi connectivity index (χ1n) is 7.77. The summed E-state index contributed by atoms with van der Waals surface area (Å²) in [6.45, 7) is 1.93. The lowest BCUT2D eigenvalue weighted by Gasteiger charge is -2.21. The summed E-state index contributed by atoms with van der Waals surface area (Å²) in [5, 5.41) is 19.8. The lowest BCUT2D eigenvalue weighted by molar-refractivity contribution is 0.0367. The second-order valence-electron chi connectivity index (χ2n) is 5.76. The molecule has 0 radical (unpaired) electrons. The van der Waals surface area contributed by atoms with E-state index in [1.165, 1.54) is 6.26 Å². The van der Waals surface area contributed by atoms with Crippen LogP contribution in [0.2, 0.25) is 0 Å². The van der Waals surface area contributed by atoms with Crippen molar-refractivity contribution in [1.29, 1.82) is 0 Å². The van der Waals surface area contributed by atoms with Crippen LogP contribution in [0.5, 0.6) is 0 Å². The molecule has 0 aliphatic heterocycles. The lowest BCUT2D eigenvalue weighted by atomic mass is 10.0. The standard InChI is InChI=1S/C17H19N5O3/c1-17(24,14-4-2-9-25-14)12-20-16(23)19-11-13-5-7-18-15(10-13)22-8-3-6-21-22/h2-10,24H,11-12H2,1H3,(H2,19,20,23). The Morgan fingerprint density at radius 2 is 2.20 bits per heavy atom. The summed E-state index contributed by atoms with van der Waals surface area (Å²) in [4.78, 5) is 16.2. The third-order valence-electron chi connectivity index (χ3n) is 3.65. The molecule has 3 rings (SSSR count). The van der Waals surface area contributed by atoms with Crippen molar-refractivity contribution >= 4 is 6.03 Å². The van der Waals surface area contributed by atoms with Crippen LogP contribution in [0.25, 0.3) is 5.82 Å². The highest BCUT2D eigenvalue weighted by molar-refractivity contribution is 5.73. The Balaban J connectivity index is 1.52. The highest BCUT2D eigenvalue weighted by atomic mass is 16.4. The fourth-order valence-electron chi connectivity index (χ4n) is 2.27. The predicted molar refractivity (Wildman–Crippen MR) is 89.9 cm³/mol. The van der Waals surface area contributed by atoms with Crippen LogP contribution < -0.4 is 10.6 Å². The Bertz CT molecular complexity index is 813. The van der Waals surface area contributed by atoms with Crippen molar-refractivity contribution in [2.75, 3.05) is 6.54 Å². The molecule has 0 bridgehead atoms. The van der Waals surface area contributed by atoms with E-state index < -0.39 is 5.60 Å². The van der Waals surface area contributed by atoms with Crippen LogP contribution >= 0.6 is 0 Å². The number of rotatable bonds is 6. The van der Waals surface area contributed by atoms with Gasteiger partial charge in [0.25, 0.3) is 0 Å². The molecule has 8 heteroatoms. The average Bonchev–Trinajstić information content (AvgIpc) is 3.32. The summed E-state index contributed by atoms with van der Waals surface area (Å²) in [5.41, 5.74) is -0.390. The number of furan rings is 1. The SMILES string of the molecule is CC(O)(CNC(=O)NCc1ccnc(-n2cccn2)c1)c1ccco1. The molecule has 1 atom stereocenters. The van der Waals surface area contributed by atoms with Gasteiger partial charge in [-0.05, 0) is 42.8 Å². The van der Waals surface area contributed by atoms with Crippen molar-refractivity contribution in [3.8, 4) is 5.82 Å². The summed E-state index contributed by atoms with van der Waals surface area (Å²) in [7, 11) is 0. The van der Waals surface area contributed by atoms with E-state index in [1.807, 2.05) is 18.2 Å². The van der Waals surface area contributed by atoms with Gasteiger partial charge in [-0.1, -0.05) is 0 Å². The van der Waals surface area contributed by atoms with Crippen molar-refractivity contribution in [2.45, 2.75) is 19.1 Å². The molecule has 0 saturated heterocycles. The van der Waals surface area contributed by atoms with Crippen molar-refractivity contribution in [3.63, 3.8) is 0 Å².